The lowest BCUT2D eigenvalue weighted by Crippen LogP contribution is -2.28. The van der Waals surface area contributed by atoms with Crippen molar-refractivity contribution in [3.05, 3.63) is 40.7 Å². The van der Waals surface area contributed by atoms with Crippen molar-refractivity contribution in [2.24, 2.45) is 5.92 Å². The minimum Gasteiger partial charge on any atom is -0.467 e. The molecule has 1 N–H and O–H groups in total. The molecule has 1 atom stereocenters. The van der Waals surface area contributed by atoms with Gasteiger partial charge in [0.2, 0.25) is 11.8 Å². The molecule has 1 aromatic carbocycles. The van der Waals surface area contributed by atoms with Gasteiger partial charge in [0, 0.05) is 18.7 Å². The lowest BCUT2D eigenvalue weighted by molar-refractivity contribution is -0.122. The van der Waals surface area contributed by atoms with Gasteiger partial charge in [-0.1, -0.05) is 6.07 Å². The Morgan fingerprint density at radius 1 is 1.15 bits per heavy atom. The van der Waals surface area contributed by atoms with E-state index in [9.17, 15) is 9.59 Å². The second-order valence-corrected chi connectivity index (χ2v) is 6.92. The van der Waals surface area contributed by atoms with Gasteiger partial charge >= 0.3 is 6.01 Å². The van der Waals surface area contributed by atoms with Crippen molar-refractivity contribution >= 4 is 23.2 Å². The highest BCUT2D eigenvalue weighted by molar-refractivity contribution is 6.03. The van der Waals surface area contributed by atoms with Gasteiger partial charge in [-0.05, 0) is 51.0 Å². The maximum Gasteiger partial charge on any atom is 0.316 e. The van der Waals surface area contributed by atoms with Crippen LogP contribution < -0.4 is 15.0 Å². The molecule has 0 aliphatic carbocycles. The van der Waals surface area contributed by atoms with Gasteiger partial charge in [-0.3, -0.25) is 9.59 Å². The van der Waals surface area contributed by atoms with E-state index in [1.807, 2.05) is 32.0 Å². The Hall–Kier alpha value is -2.96. The predicted molar refractivity (Wildman–Crippen MR) is 103 cm³/mol. The van der Waals surface area contributed by atoms with Crippen molar-refractivity contribution < 1.29 is 14.3 Å². The van der Waals surface area contributed by atoms with Crippen molar-refractivity contribution in [1.29, 1.82) is 0 Å². The first-order valence-corrected chi connectivity index (χ1v) is 8.88. The van der Waals surface area contributed by atoms with E-state index in [-0.39, 0.29) is 24.2 Å². The number of aryl methyl sites for hydroxylation is 4. The molecule has 1 aliphatic rings. The normalized spacial score (nSPS) is 16.6. The summed E-state index contributed by atoms with van der Waals surface area (Å²) in [4.78, 5) is 35.3. The van der Waals surface area contributed by atoms with E-state index >= 15 is 0 Å². The van der Waals surface area contributed by atoms with Gasteiger partial charge in [0.25, 0.3) is 0 Å². The second-order valence-electron chi connectivity index (χ2n) is 6.92. The lowest BCUT2D eigenvalue weighted by Gasteiger charge is -2.18. The fourth-order valence-corrected chi connectivity index (χ4v) is 3.21. The molecule has 1 fully saturated rings. The van der Waals surface area contributed by atoms with E-state index < -0.39 is 5.92 Å². The molecule has 7 nitrogen and oxygen atoms in total. The minimum absolute atomic E-state index is 0.0437. The summed E-state index contributed by atoms with van der Waals surface area (Å²) in [5.74, 6) is -0.660. The van der Waals surface area contributed by atoms with Crippen LogP contribution in [0.3, 0.4) is 0 Å². The highest BCUT2D eigenvalue weighted by Crippen LogP contribution is 2.28. The molecule has 7 heteroatoms. The molecule has 0 bridgehead atoms. The van der Waals surface area contributed by atoms with Gasteiger partial charge in [-0.2, -0.15) is 9.97 Å². The summed E-state index contributed by atoms with van der Waals surface area (Å²) in [7, 11) is 1.50. The zero-order valence-electron chi connectivity index (χ0n) is 16.3. The molecule has 0 radical (unpaired) electrons. The van der Waals surface area contributed by atoms with Gasteiger partial charge < -0.3 is 15.0 Å². The third kappa shape index (κ3) is 3.77. The number of hydrogen-bond acceptors (Lipinski definition) is 5. The smallest absolute Gasteiger partial charge is 0.316 e. The van der Waals surface area contributed by atoms with Crippen LogP contribution in [0.1, 0.15) is 28.9 Å². The Bertz CT molecular complexity index is 887. The van der Waals surface area contributed by atoms with Crippen molar-refractivity contribution in [3.8, 4) is 6.01 Å². The average Bonchev–Trinajstić information content (AvgIpc) is 3.02. The van der Waals surface area contributed by atoms with Crippen LogP contribution in [0.2, 0.25) is 0 Å². The molecule has 142 valence electrons. The highest BCUT2D eigenvalue weighted by Gasteiger charge is 2.35. The van der Waals surface area contributed by atoms with Crippen LogP contribution in [0.4, 0.5) is 11.4 Å². The van der Waals surface area contributed by atoms with Crippen LogP contribution in [-0.2, 0) is 9.59 Å². The Labute approximate surface area is 158 Å². The van der Waals surface area contributed by atoms with Gasteiger partial charge in [-0.25, -0.2) is 0 Å². The molecule has 0 saturated carbocycles. The Balaban J connectivity index is 1.75. The molecule has 0 spiro atoms. The highest BCUT2D eigenvalue weighted by atomic mass is 16.5. The third-order valence-corrected chi connectivity index (χ3v) is 4.98. The summed E-state index contributed by atoms with van der Waals surface area (Å²) < 4.78 is 5.04. The van der Waals surface area contributed by atoms with E-state index in [1.165, 1.54) is 12.7 Å². The van der Waals surface area contributed by atoms with Crippen LogP contribution in [-0.4, -0.2) is 35.4 Å². The summed E-state index contributed by atoms with van der Waals surface area (Å²) in [6, 6.07) is 6.16. The SMILES string of the molecule is COc1nc(C)c(NC(=O)C2CC(=O)N(c3ccc(C)c(C)c3)C2)c(C)n1. The zero-order valence-corrected chi connectivity index (χ0v) is 16.3. The summed E-state index contributed by atoms with van der Waals surface area (Å²) in [6.07, 6.45) is 0.188. The van der Waals surface area contributed by atoms with Crippen LogP contribution in [0, 0.1) is 33.6 Å². The molecule has 1 aliphatic heterocycles. The van der Waals surface area contributed by atoms with E-state index in [1.54, 1.807) is 18.7 Å². The van der Waals surface area contributed by atoms with E-state index in [4.69, 9.17) is 4.74 Å². The molecule has 2 heterocycles. The van der Waals surface area contributed by atoms with E-state index in [0.717, 1.165) is 11.3 Å². The van der Waals surface area contributed by atoms with Crippen LogP contribution in [0.25, 0.3) is 0 Å². The standard InChI is InChI=1S/C20H24N4O3/c1-11-6-7-16(8-12(11)2)24-10-15(9-17(24)25)19(26)23-18-13(3)21-20(27-5)22-14(18)4/h6-8,15H,9-10H2,1-5H3,(H,23,26). The molecule has 1 saturated heterocycles. The number of carbonyl (C=O) groups is 2. The van der Waals surface area contributed by atoms with Crippen molar-refractivity contribution in [2.75, 3.05) is 23.9 Å². The predicted octanol–water partition coefficient (Wildman–Crippen LogP) is 2.71. The number of carbonyl (C=O) groups excluding carboxylic acids is 2. The van der Waals surface area contributed by atoms with Gasteiger partial charge in [-0.15, -0.1) is 0 Å². The number of benzene rings is 1. The second kappa shape index (κ2) is 7.34. The Morgan fingerprint density at radius 2 is 1.81 bits per heavy atom. The lowest BCUT2D eigenvalue weighted by atomic mass is 10.1. The quantitative estimate of drug-likeness (QED) is 0.897. The average molecular weight is 368 g/mol. The molecule has 2 aromatic rings. The third-order valence-electron chi connectivity index (χ3n) is 4.98. The number of anilines is 2. The maximum atomic E-state index is 12.7. The molecule has 1 aromatic heterocycles. The zero-order chi connectivity index (χ0) is 19.7. The Kier molecular flexibility index (Phi) is 5.12. The Morgan fingerprint density at radius 3 is 2.41 bits per heavy atom. The minimum atomic E-state index is -0.417. The van der Waals surface area contributed by atoms with E-state index in [0.29, 0.717) is 23.6 Å². The fourth-order valence-electron chi connectivity index (χ4n) is 3.21. The number of aromatic nitrogens is 2. The maximum absolute atomic E-state index is 12.7. The number of ether oxygens (including phenoxy) is 1. The van der Waals surface area contributed by atoms with Crippen LogP contribution >= 0.6 is 0 Å². The molecule has 3 rings (SSSR count). The molecule has 27 heavy (non-hydrogen) atoms. The van der Waals surface area contributed by atoms with Crippen molar-refractivity contribution in [3.63, 3.8) is 0 Å². The number of nitrogens with zero attached hydrogens (tertiary/aromatic N) is 3. The first kappa shape index (κ1) is 18.8. The number of hydrogen-bond donors (Lipinski definition) is 1. The number of amides is 2. The number of rotatable bonds is 4. The molecule has 1 unspecified atom stereocenters. The first-order valence-electron chi connectivity index (χ1n) is 8.88. The van der Waals surface area contributed by atoms with Gasteiger partial charge in [0.1, 0.15) is 0 Å². The first-order chi connectivity index (χ1) is 12.8. The number of methoxy groups -OCH3 is 1. The number of nitrogens with one attached hydrogen (secondary N) is 1. The largest absolute Gasteiger partial charge is 0.467 e. The molecule has 2 amide bonds. The van der Waals surface area contributed by atoms with Crippen LogP contribution in [0.15, 0.2) is 18.2 Å². The molecular weight excluding hydrogens is 344 g/mol. The summed E-state index contributed by atoms with van der Waals surface area (Å²) in [5, 5.41) is 2.89. The van der Waals surface area contributed by atoms with E-state index in [2.05, 4.69) is 15.3 Å². The van der Waals surface area contributed by atoms with Gasteiger partial charge in [0.05, 0.1) is 30.1 Å². The van der Waals surface area contributed by atoms with Crippen molar-refractivity contribution in [1.82, 2.24) is 9.97 Å². The monoisotopic (exact) mass is 368 g/mol. The van der Waals surface area contributed by atoms with Gasteiger partial charge in [0.15, 0.2) is 0 Å². The summed E-state index contributed by atoms with van der Waals surface area (Å²) in [6.45, 7) is 7.98. The summed E-state index contributed by atoms with van der Waals surface area (Å²) in [5.41, 5.74) is 4.95. The fraction of sp³-hybridized carbons (Fsp3) is 0.400. The summed E-state index contributed by atoms with van der Waals surface area (Å²) >= 11 is 0. The topological polar surface area (TPSA) is 84.4 Å². The van der Waals surface area contributed by atoms with Crippen LogP contribution in [0.5, 0.6) is 6.01 Å². The molecular formula is C20H24N4O3. The van der Waals surface area contributed by atoms with Crippen molar-refractivity contribution in [2.45, 2.75) is 34.1 Å².